The molecule has 2 fully saturated rings. The Balaban J connectivity index is 1.31. The molecule has 0 spiro atoms. The Hall–Kier alpha value is -3.59. The SMILES string of the molecule is C=CC(=O)N1CC(NC(=O)Cn2c(C3CC3)c(C(=O)N3CCc4c(cccc4OC)C3)c3cc(Br)ccc32)C1. The summed E-state index contributed by atoms with van der Waals surface area (Å²) in [6, 6.07) is 11.9. The molecule has 1 aliphatic carbocycles. The third-order valence-corrected chi connectivity index (χ3v) is 8.50. The lowest BCUT2D eigenvalue weighted by Crippen LogP contribution is -2.61. The molecule has 2 aliphatic heterocycles. The van der Waals surface area contributed by atoms with Crippen molar-refractivity contribution in [2.75, 3.05) is 26.7 Å². The third-order valence-electron chi connectivity index (χ3n) is 8.01. The summed E-state index contributed by atoms with van der Waals surface area (Å²) < 4.78 is 8.48. The second-order valence-electron chi connectivity index (χ2n) is 10.6. The summed E-state index contributed by atoms with van der Waals surface area (Å²) in [7, 11) is 1.68. The molecule has 0 atom stereocenters. The summed E-state index contributed by atoms with van der Waals surface area (Å²) in [4.78, 5) is 42.7. The van der Waals surface area contributed by atoms with Crippen LogP contribution >= 0.6 is 15.9 Å². The highest BCUT2D eigenvalue weighted by Gasteiger charge is 2.37. The molecule has 0 bridgehead atoms. The number of carbonyl (C=O) groups is 3. The zero-order chi connectivity index (χ0) is 27.3. The van der Waals surface area contributed by atoms with Gasteiger partial charge in [0.2, 0.25) is 11.8 Å². The van der Waals surface area contributed by atoms with Crippen molar-refractivity contribution in [2.24, 2.45) is 0 Å². The topological polar surface area (TPSA) is 83.9 Å². The molecule has 202 valence electrons. The van der Waals surface area contributed by atoms with Gasteiger partial charge in [-0.2, -0.15) is 0 Å². The van der Waals surface area contributed by atoms with E-state index in [1.807, 2.05) is 39.8 Å². The average molecular weight is 592 g/mol. The number of rotatable bonds is 7. The number of fused-ring (bicyclic) bond motifs is 2. The van der Waals surface area contributed by atoms with Crippen LogP contribution in [-0.4, -0.2) is 64.9 Å². The number of nitrogens with one attached hydrogen (secondary N) is 1. The second-order valence-corrected chi connectivity index (χ2v) is 11.5. The summed E-state index contributed by atoms with van der Waals surface area (Å²) in [5, 5.41) is 3.92. The molecule has 3 amide bonds. The van der Waals surface area contributed by atoms with Crippen molar-refractivity contribution in [1.29, 1.82) is 0 Å². The summed E-state index contributed by atoms with van der Waals surface area (Å²) in [6.07, 6.45) is 4.03. The molecule has 2 aromatic carbocycles. The van der Waals surface area contributed by atoms with Crippen molar-refractivity contribution in [2.45, 2.75) is 44.3 Å². The number of carbonyl (C=O) groups excluding carboxylic acids is 3. The number of hydrogen-bond acceptors (Lipinski definition) is 4. The minimum absolute atomic E-state index is 0.00482. The molecule has 39 heavy (non-hydrogen) atoms. The highest BCUT2D eigenvalue weighted by Crippen LogP contribution is 2.46. The Morgan fingerprint density at radius 3 is 2.67 bits per heavy atom. The number of nitrogens with zero attached hydrogens (tertiary/aromatic N) is 3. The standard InChI is InChI=1S/C30H31BrN4O4/c1-3-27(37)34-15-21(16-34)32-26(36)17-35-24-10-9-20(31)13-23(24)28(29(35)18-7-8-18)30(38)33-12-11-22-19(14-33)5-4-6-25(22)39-2/h3-6,9-10,13,18,21H,1,7-8,11-12,14-17H2,2H3,(H,32,36). The number of methoxy groups -OCH3 is 1. The quantitative estimate of drug-likeness (QED) is 0.422. The number of hydrogen-bond donors (Lipinski definition) is 1. The number of amides is 3. The molecule has 9 heteroatoms. The number of likely N-dealkylation sites (tertiary alicyclic amines) is 1. The molecule has 0 unspecified atom stereocenters. The van der Waals surface area contributed by atoms with Gasteiger partial charge in [0.05, 0.1) is 18.7 Å². The lowest BCUT2D eigenvalue weighted by atomic mass is 9.97. The van der Waals surface area contributed by atoms with Crippen LogP contribution in [0.1, 0.15) is 45.9 Å². The molecule has 6 rings (SSSR count). The fourth-order valence-corrected chi connectivity index (χ4v) is 6.28. The highest BCUT2D eigenvalue weighted by atomic mass is 79.9. The predicted octanol–water partition coefficient (Wildman–Crippen LogP) is 4.00. The monoisotopic (exact) mass is 590 g/mol. The summed E-state index contributed by atoms with van der Waals surface area (Å²) >= 11 is 3.59. The highest BCUT2D eigenvalue weighted by molar-refractivity contribution is 9.10. The summed E-state index contributed by atoms with van der Waals surface area (Å²) in [5.41, 5.74) is 4.82. The van der Waals surface area contributed by atoms with Gasteiger partial charge in [-0.3, -0.25) is 14.4 Å². The number of benzene rings is 2. The van der Waals surface area contributed by atoms with Crippen LogP contribution in [0.15, 0.2) is 53.5 Å². The number of ether oxygens (including phenoxy) is 1. The fourth-order valence-electron chi connectivity index (χ4n) is 5.92. The maximum absolute atomic E-state index is 14.2. The van der Waals surface area contributed by atoms with Crippen LogP contribution < -0.4 is 10.1 Å². The largest absolute Gasteiger partial charge is 0.496 e. The van der Waals surface area contributed by atoms with Gasteiger partial charge in [0.1, 0.15) is 12.3 Å². The maximum atomic E-state index is 14.2. The zero-order valence-electron chi connectivity index (χ0n) is 21.9. The van der Waals surface area contributed by atoms with E-state index in [0.29, 0.717) is 31.7 Å². The Morgan fingerprint density at radius 2 is 1.95 bits per heavy atom. The molecule has 3 aliphatic rings. The van der Waals surface area contributed by atoms with E-state index in [1.165, 1.54) is 6.08 Å². The molecular weight excluding hydrogens is 560 g/mol. The average Bonchev–Trinajstić information content (AvgIpc) is 3.71. The van der Waals surface area contributed by atoms with Gasteiger partial charge >= 0.3 is 0 Å². The van der Waals surface area contributed by atoms with Crippen LogP contribution in [0.25, 0.3) is 10.9 Å². The molecule has 8 nitrogen and oxygen atoms in total. The van der Waals surface area contributed by atoms with E-state index in [-0.39, 0.29) is 36.2 Å². The first-order chi connectivity index (χ1) is 18.9. The summed E-state index contributed by atoms with van der Waals surface area (Å²) in [6.45, 7) is 5.75. The van der Waals surface area contributed by atoms with Crippen molar-refractivity contribution >= 4 is 44.6 Å². The first kappa shape index (κ1) is 25.7. The molecule has 3 heterocycles. The minimum Gasteiger partial charge on any atom is -0.496 e. The molecule has 0 radical (unpaired) electrons. The Kier molecular flexibility index (Phi) is 6.71. The Morgan fingerprint density at radius 1 is 1.15 bits per heavy atom. The van der Waals surface area contributed by atoms with Gasteiger partial charge in [-0.1, -0.05) is 34.6 Å². The van der Waals surface area contributed by atoms with Crippen molar-refractivity contribution in [1.82, 2.24) is 19.7 Å². The first-order valence-corrected chi connectivity index (χ1v) is 14.1. The van der Waals surface area contributed by atoms with Crippen molar-refractivity contribution in [3.63, 3.8) is 0 Å². The normalized spacial score (nSPS) is 17.0. The van der Waals surface area contributed by atoms with E-state index in [9.17, 15) is 14.4 Å². The van der Waals surface area contributed by atoms with Gasteiger partial charge < -0.3 is 24.4 Å². The predicted molar refractivity (Wildman–Crippen MR) is 152 cm³/mol. The molecule has 1 N–H and O–H groups in total. The van der Waals surface area contributed by atoms with Crippen molar-refractivity contribution < 1.29 is 19.1 Å². The van der Waals surface area contributed by atoms with Crippen LogP contribution in [0.4, 0.5) is 0 Å². The fraction of sp³-hybridized carbons (Fsp3) is 0.367. The molecule has 1 aromatic heterocycles. The van der Waals surface area contributed by atoms with Crippen LogP contribution in [0.5, 0.6) is 5.75 Å². The van der Waals surface area contributed by atoms with Gasteiger partial charge in [0.25, 0.3) is 5.91 Å². The van der Waals surface area contributed by atoms with E-state index >= 15 is 0 Å². The third kappa shape index (κ3) is 4.73. The van der Waals surface area contributed by atoms with Crippen molar-refractivity contribution in [3.8, 4) is 5.75 Å². The zero-order valence-corrected chi connectivity index (χ0v) is 23.5. The van der Waals surface area contributed by atoms with E-state index in [1.54, 1.807) is 12.0 Å². The van der Waals surface area contributed by atoms with Crippen LogP contribution in [-0.2, 0) is 29.1 Å². The van der Waals surface area contributed by atoms with E-state index in [2.05, 4.69) is 33.9 Å². The van der Waals surface area contributed by atoms with Gasteiger partial charge in [-0.15, -0.1) is 0 Å². The molecule has 3 aromatic rings. The Labute approximate surface area is 235 Å². The van der Waals surface area contributed by atoms with Gasteiger partial charge in [0, 0.05) is 58.7 Å². The number of halogens is 1. The van der Waals surface area contributed by atoms with E-state index < -0.39 is 0 Å². The van der Waals surface area contributed by atoms with Gasteiger partial charge in [0.15, 0.2) is 0 Å². The maximum Gasteiger partial charge on any atom is 0.256 e. The smallest absolute Gasteiger partial charge is 0.256 e. The van der Waals surface area contributed by atoms with E-state index in [4.69, 9.17) is 4.74 Å². The van der Waals surface area contributed by atoms with Crippen molar-refractivity contribution in [3.05, 3.63) is 75.9 Å². The van der Waals surface area contributed by atoms with Gasteiger partial charge in [-0.25, -0.2) is 0 Å². The first-order valence-electron chi connectivity index (χ1n) is 13.3. The van der Waals surface area contributed by atoms with Gasteiger partial charge in [-0.05, 0) is 55.2 Å². The van der Waals surface area contributed by atoms with Crippen LogP contribution in [0, 0.1) is 0 Å². The molecule has 1 saturated heterocycles. The summed E-state index contributed by atoms with van der Waals surface area (Å²) in [5.74, 6) is 0.883. The Bertz CT molecular complexity index is 1500. The second kappa shape index (κ2) is 10.2. The molecule has 1 saturated carbocycles. The number of aromatic nitrogens is 1. The van der Waals surface area contributed by atoms with E-state index in [0.717, 1.165) is 57.2 Å². The minimum atomic E-state index is -0.125. The lowest BCUT2D eigenvalue weighted by molar-refractivity contribution is -0.133. The van der Waals surface area contributed by atoms with Crippen LogP contribution in [0.2, 0.25) is 0 Å². The van der Waals surface area contributed by atoms with Crippen LogP contribution in [0.3, 0.4) is 0 Å². The molecular formula is C30H31BrN4O4. The lowest BCUT2D eigenvalue weighted by Gasteiger charge is -2.39.